The zero-order chi connectivity index (χ0) is 12.0. The highest BCUT2D eigenvalue weighted by Gasteiger charge is 2.07. The SMILES string of the molecule is CCCC(COc1ccc(C)cc1Cl)NC. The van der Waals surface area contributed by atoms with Gasteiger partial charge in [0.1, 0.15) is 12.4 Å². The number of hydrogen-bond donors (Lipinski definition) is 1. The van der Waals surface area contributed by atoms with Gasteiger partial charge in [0, 0.05) is 6.04 Å². The molecule has 0 radical (unpaired) electrons. The van der Waals surface area contributed by atoms with E-state index in [0.29, 0.717) is 17.7 Å². The van der Waals surface area contributed by atoms with Crippen LogP contribution in [0.5, 0.6) is 5.75 Å². The van der Waals surface area contributed by atoms with Gasteiger partial charge in [-0.15, -0.1) is 0 Å². The van der Waals surface area contributed by atoms with Gasteiger partial charge in [-0.2, -0.15) is 0 Å². The molecule has 1 rings (SSSR count). The van der Waals surface area contributed by atoms with Gasteiger partial charge in [0.15, 0.2) is 0 Å². The molecule has 3 heteroatoms. The number of likely N-dealkylation sites (N-methyl/N-ethyl adjacent to an activating group) is 1. The molecule has 1 unspecified atom stereocenters. The minimum Gasteiger partial charge on any atom is -0.490 e. The van der Waals surface area contributed by atoms with E-state index in [9.17, 15) is 0 Å². The summed E-state index contributed by atoms with van der Waals surface area (Å²) in [5.41, 5.74) is 1.15. The molecule has 0 aliphatic carbocycles. The Morgan fingerprint density at radius 1 is 1.44 bits per heavy atom. The van der Waals surface area contributed by atoms with Crippen molar-refractivity contribution in [3.05, 3.63) is 28.8 Å². The van der Waals surface area contributed by atoms with E-state index < -0.39 is 0 Å². The third-order valence-electron chi connectivity index (χ3n) is 2.57. The van der Waals surface area contributed by atoms with Crippen molar-refractivity contribution in [1.82, 2.24) is 5.32 Å². The summed E-state index contributed by atoms with van der Waals surface area (Å²) < 4.78 is 5.70. The number of hydrogen-bond acceptors (Lipinski definition) is 2. The van der Waals surface area contributed by atoms with Crippen LogP contribution >= 0.6 is 11.6 Å². The van der Waals surface area contributed by atoms with Crippen LogP contribution in [0.1, 0.15) is 25.3 Å². The van der Waals surface area contributed by atoms with E-state index in [1.165, 1.54) is 0 Å². The van der Waals surface area contributed by atoms with Gasteiger partial charge < -0.3 is 10.1 Å². The van der Waals surface area contributed by atoms with Crippen molar-refractivity contribution < 1.29 is 4.74 Å². The zero-order valence-electron chi connectivity index (χ0n) is 10.2. The number of halogens is 1. The molecule has 90 valence electrons. The highest BCUT2D eigenvalue weighted by atomic mass is 35.5. The Labute approximate surface area is 103 Å². The van der Waals surface area contributed by atoms with E-state index in [0.717, 1.165) is 24.2 Å². The predicted octanol–water partition coefficient (Wildman–Crippen LogP) is 3.42. The molecule has 0 spiro atoms. The highest BCUT2D eigenvalue weighted by Crippen LogP contribution is 2.25. The molecule has 1 atom stereocenters. The third kappa shape index (κ3) is 4.03. The van der Waals surface area contributed by atoms with Crippen LogP contribution in [0.25, 0.3) is 0 Å². The summed E-state index contributed by atoms with van der Waals surface area (Å²) in [6.07, 6.45) is 2.26. The Kier molecular flexibility index (Phi) is 5.64. The maximum atomic E-state index is 6.09. The van der Waals surface area contributed by atoms with E-state index in [-0.39, 0.29) is 0 Å². The number of aryl methyl sites for hydroxylation is 1. The number of nitrogens with one attached hydrogen (secondary N) is 1. The van der Waals surface area contributed by atoms with Gasteiger partial charge in [0.05, 0.1) is 5.02 Å². The molecule has 0 amide bonds. The molecule has 0 aromatic heterocycles. The standard InChI is InChI=1S/C13H20ClNO/c1-4-5-11(15-3)9-16-13-7-6-10(2)8-12(13)14/h6-8,11,15H,4-5,9H2,1-3H3. The van der Waals surface area contributed by atoms with E-state index in [1.807, 2.05) is 32.2 Å². The van der Waals surface area contributed by atoms with Gasteiger partial charge in [0.25, 0.3) is 0 Å². The van der Waals surface area contributed by atoms with Crippen molar-refractivity contribution in [3.8, 4) is 5.75 Å². The number of benzene rings is 1. The lowest BCUT2D eigenvalue weighted by atomic mass is 10.2. The molecule has 0 aliphatic rings. The Bertz CT molecular complexity index is 328. The number of rotatable bonds is 6. The van der Waals surface area contributed by atoms with Crippen molar-refractivity contribution in [3.63, 3.8) is 0 Å². The van der Waals surface area contributed by atoms with Gasteiger partial charge in [-0.25, -0.2) is 0 Å². The minimum absolute atomic E-state index is 0.391. The van der Waals surface area contributed by atoms with Gasteiger partial charge in [-0.1, -0.05) is 31.0 Å². The molecular formula is C13H20ClNO. The van der Waals surface area contributed by atoms with Crippen LogP contribution in [0.4, 0.5) is 0 Å². The molecule has 1 aromatic rings. The summed E-state index contributed by atoms with van der Waals surface area (Å²) in [6, 6.07) is 6.25. The van der Waals surface area contributed by atoms with Crippen LogP contribution in [-0.2, 0) is 0 Å². The maximum absolute atomic E-state index is 6.09. The molecule has 1 N–H and O–H groups in total. The molecular weight excluding hydrogens is 222 g/mol. The Morgan fingerprint density at radius 2 is 2.19 bits per heavy atom. The predicted molar refractivity (Wildman–Crippen MR) is 69.4 cm³/mol. The van der Waals surface area contributed by atoms with Gasteiger partial charge in [-0.05, 0) is 38.1 Å². The molecule has 0 saturated heterocycles. The summed E-state index contributed by atoms with van der Waals surface area (Å²) in [7, 11) is 1.96. The topological polar surface area (TPSA) is 21.3 Å². The van der Waals surface area contributed by atoms with Crippen molar-refractivity contribution in [1.29, 1.82) is 0 Å². The van der Waals surface area contributed by atoms with Crippen molar-refractivity contribution in [2.75, 3.05) is 13.7 Å². The lowest BCUT2D eigenvalue weighted by Gasteiger charge is -2.16. The first-order chi connectivity index (χ1) is 7.67. The molecule has 16 heavy (non-hydrogen) atoms. The lowest BCUT2D eigenvalue weighted by Crippen LogP contribution is -2.31. The largest absolute Gasteiger partial charge is 0.490 e. The second kappa shape index (κ2) is 6.77. The fraction of sp³-hybridized carbons (Fsp3) is 0.538. The fourth-order valence-electron chi connectivity index (χ4n) is 1.57. The molecule has 0 aliphatic heterocycles. The van der Waals surface area contributed by atoms with E-state index >= 15 is 0 Å². The van der Waals surface area contributed by atoms with Crippen LogP contribution in [0.2, 0.25) is 5.02 Å². The molecule has 2 nitrogen and oxygen atoms in total. The average molecular weight is 242 g/mol. The van der Waals surface area contributed by atoms with Crippen LogP contribution in [0.3, 0.4) is 0 Å². The quantitative estimate of drug-likeness (QED) is 0.824. The number of ether oxygens (including phenoxy) is 1. The van der Waals surface area contributed by atoms with Crippen LogP contribution in [0.15, 0.2) is 18.2 Å². The summed E-state index contributed by atoms with van der Waals surface area (Å²) in [4.78, 5) is 0. The summed E-state index contributed by atoms with van der Waals surface area (Å²) >= 11 is 6.09. The summed E-state index contributed by atoms with van der Waals surface area (Å²) in [6.45, 7) is 4.85. The third-order valence-corrected chi connectivity index (χ3v) is 2.87. The van der Waals surface area contributed by atoms with Crippen LogP contribution < -0.4 is 10.1 Å². The Balaban J connectivity index is 2.53. The molecule has 0 bridgehead atoms. The second-order valence-corrected chi connectivity index (χ2v) is 4.43. The lowest BCUT2D eigenvalue weighted by molar-refractivity contribution is 0.263. The first kappa shape index (κ1) is 13.3. The summed E-state index contributed by atoms with van der Waals surface area (Å²) in [5.74, 6) is 0.767. The van der Waals surface area contributed by atoms with E-state index in [2.05, 4.69) is 12.2 Å². The zero-order valence-corrected chi connectivity index (χ0v) is 11.0. The van der Waals surface area contributed by atoms with Gasteiger partial charge in [0.2, 0.25) is 0 Å². The monoisotopic (exact) mass is 241 g/mol. The van der Waals surface area contributed by atoms with Gasteiger partial charge in [-0.3, -0.25) is 0 Å². The molecule has 0 heterocycles. The first-order valence-electron chi connectivity index (χ1n) is 5.73. The van der Waals surface area contributed by atoms with Crippen molar-refractivity contribution in [2.24, 2.45) is 0 Å². The Morgan fingerprint density at radius 3 is 2.75 bits per heavy atom. The molecule has 0 saturated carbocycles. The van der Waals surface area contributed by atoms with Crippen LogP contribution in [-0.4, -0.2) is 19.7 Å². The Hall–Kier alpha value is -0.730. The highest BCUT2D eigenvalue weighted by molar-refractivity contribution is 6.32. The normalized spacial score (nSPS) is 12.5. The van der Waals surface area contributed by atoms with Crippen molar-refractivity contribution >= 4 is 11.6 Å². The first-order valence-corrected chi connectivity index (χ1v) is 6.11. The maximum Gasteiger partial charge on any atom is 0.137 e. The fourth-order valence-corrected chi connectivity index (χ4v) is 1.86. The summed E-state index contributed by atoms with van der Waals surface area (Å²) in [5, 5.41) is 3.92. The van der Waals surface area contributed by atoms with Crippen LogP contribution in [0, 0.1) is 6.92 Å². The van der Waals surface area contributed by atoms with E-state index in [1.54, 1.807) is 0 Å². The second-order valence-electron chi connectivity index (χ2n) is 4.02. The molecule has 1 aromatic carbocycles. The molecule has 0 fully saturated rings. The van der Waals surface area contributed by atoms with E-state index in [4.69, 9.17) is 16.3 Å². The smallest absolute Gasteiger partial charge is 0.137 e. The average Bonchev–Trinajstić information content (AvgIpc) is 2.26. The minimum atomic E-state index is 0.391. The van der Waals surface area contributed by atoms with Gasteiger partial charge >= 0.3 is 0 Å². The van der Waals surface area contributed by atoms with Crippen molar-refractivity contribution in [2.45, 2.75) is 32.7 Å².